The van der Waals surface area contributed by atoms with Crippen LogP contribution in [0.15, 0.2) is 53.8 Å². The predicted octanol–water partition coefficient (Wildman–Crippen LogP) is 1.80. The van der Waals surface area contributed by atoms with Crippen LogP contribution in [0.1, 0.15) is 15.9 Å². The molecule has 0 saturated carbocycles. The average molecular weight is 344 g/mol. The summed E-state index contributed by atoms with van der Waals surface area (Å²) in [5.74, 6) is -0.326. The second kappa shape index (κ2) is 6.06. The highest BCUT2D eigenvalue weighted by atomic mass is 32.2. The Hall–Kier alpha value is -2.71. The molecule has 0 bridgehead atoms. The number of amides is 1. The monoisotopic (exact) mass is 344 g/mol. The summed E-state index contributed by atoms with van der Waals surface area (Å²) in [5, 5.41) is 2.76. The zero-order chi connectivity index (χ0) is 17.3. The quantitative estimate of drug-likeness (QED) is 0.755. The number of aryl methyl sites for hydroxylation is 1. The fourth-order valence-electron chi connectivity index (χ4n) is 2.27. The third kappa shape index (κ3) is 3.01. The third-order valence-corrected chi connectivity index (χ3v) is 5.10. The summed E-state index contributed by atoms with van der Waals surface area (Å²) in [6.45, 7) is 1.80. The molecule has 7 nitrogen and oxygen atoms in total. The van der Waals surface area contributed by atoms with Gasteiger partial charge in [0.25, 0.3) is 5.91 Å². The first-order valence-electron chi connectivity index (χ1n) is 7.19. The fourth-order valence-corrected chi connectivity index (χ4v) is 3.03. The number of rotatable bonds is 4. The molecule has 8 heteroatoms. The van der Waals surface area contributed by atoms with Crippen LogP contribution in [0.25, 0.3) is 5.65 Å². The van der Waals surface area contributed by atoms with Gasteiger partial charge in [0.05, 0.1) is 10.5 Å². The van der Waals surface area contributed by atoms with Crippen LogP contribution in [-0.4, -0.2) is 30.8 Å². The van der Waals surface area contributed by atoms with Gasteiger partial charge in [-0.15, -0.1) is 0 Å². The number of benzene rings is 1. The number of aromatic nitrogens is 2. The van der Waals surface area contributed by atoms with Crippen molar-refractivity contribution in [2.45, 2.75) is 11.8 Å². The highest BCUT2D eigenvalue weighted by molar-refractivity contribution is 7.89. The summed E-state index contributed by atoms with van der Waals surface area (Å²) in [6, 6.07) is 7.99. The van der Waals surface area contributed by atoms with Gasteiger partial charge in [0, 0.05) is 24.3 Å². The maximum atomic E-state index is 12.5. The number of hydrogen-bond donors (Lipinski definition) is 2. The van der Waals surface area contributed by atoms with E-state index in [2.05, 4.69) is 15.0 Å². The minimum Gasteiger partial charge on any atom is -0.322 e. The van der Waals surface area contributed by atoms with Crippen LogP contribution in [0.5, 0.6) is 0 Å². The minimum absolute atomic E-state index is 0.0935. The van der Waals surface area contributed by atoms with Gasteiger partial charge < -0.3 is 9.72 Å². The summed E-state index contributed by atoms with van der Waals surface area (Å²) in [4.78, 5) is 16.7. The van der Waals surface area contributed by atoms with E-state index in [1.54, 1.807) is 48.1 Å². The Morgan fingerprint density at radius 1 is 1.21 bits per heavy atom. The normalized spacial score (nSPS) is 11.6. The van der Waals surface area contributed by atoms with Crippen LogP contribution in [-0.2, 0) is 10.0 Å². The molecule has 0 fully saturated rings. The van der Waals surface area contributed by atoms with E-state index in [4.69, 9.17) is 0 Å². The van der Waals surface area contributed by atoms with Crippen molar-refractivity contribution >= 4 is 27.3 Å². The Labute approximate surface area is 139 Å². The van der Waals surface area contributed by atoms with Gasteiger partial charge in [-0.1, -0.05) is 6.07 Å². The Morgan fingerprint density at radius 2 is 2.00 bits per heavy atom. The molecule has 0 radical (unpaired) electrons. The van der Waals surface area contributed by atoms with Gasteiger partial charge in [-0.05, 0) is 43.8 Å². The van der Waals surface area contributed by atoms with Gasteiger partial charge in [-0.2, -0.15) is 0 Å². The minimum atomic E-state index is -3.57. The van der Waals surface area contributed by atoms with Gasteiger partial charge in [-0.25, -0.2) is 18.1 Å². The molecule has 2 aromatic heterocycles. The highest BCUT2D eigenvalue weighted by Gasteiger charge is 2.15. The Balaban J connectivity index is 1.92. The zero-order valence-corrected chi connectivity index (χ0v) is 14.0. The zero-order valence-electron chi connectivity index (χ0n) is 13.1. The number of imidazole rings is 1. The molecular weight excluding hydrogens is 328 g/mol. The molecule has 0 saturated heterocycles. The van der Waals surface area contributed by atoms with E-state index >= 15 is 0 Å². The van der Waals surface area contributed by atoms with Crippen molar-refractivity contribution in [3.63, 3.8) is 0 Å². The predicted molar refractivity (Wildman–Crippen MR) is 90.6 cm³/mol. The average Bonchev–Trinajstić information content (AvgIpc) is 3.04. The number of fused-ring (bicyclic) bond motifs is 1. The van der Waals surface area contributed by atoms with Crippen molar-refractivity contribution in [3.05, 3.63) is 60.0 Å². The molecule has 1 amide bonds. The lowest BCUT2D eigenvalue weighted by Gasteiger charge is -2.11. The summed E-state index contributed by atoms with van der Waals surface area (Å²) < 4.78 is 27.8. The molecule has 2 N–H and O–H groups in total. The number of hydrogen-bond acceptors (Lipinski definition) is 4. The molecule has 0 aliphatic rings. The van der Waals surface area contributed by atoms with Crippen LogP contribution in [0.3, 0.4) is 0 Å². The smallest absolute Gasteiger partial charge is 0.257 e. The van der Waals surface area contributed by atoms with Crippen LogP contribution >= 0.6 is 0 Å². The number of nitrogens with one attached hydrogen (secondary N) is 2. The lowest BCUT2D eigenvalue weighted by Crippen LogP contribution is -2.19. The molecule has 0 aliphatic carbocycles. The fraction of sp³-hybridized carbons (Fsp3) is 0.125. The van der Waals surface area contributed by atoms with Gasteiger partial charge in [-0.3, -0.25) is 4.79 Å². The number of sulfonamides is 1. The van der Waals surface area contributed by atoms with Gasteiger partial charge in [0.15, 0.2) is 0 Å². The topological polar surface area (TPSA) is 92.6 Å². The molecular formula is C16H16N4O3S. The van der Waals surface area contributed by atoms with Crippen molar-refractivity contribution in [1.82, 2.24) is 14.1 Å². The Kier molecular flexibility index (Phi) is 4.08. The molecule has 24 heavy (non-hydrogen) atoms. The number of carbonyl (C=O) groups excluding carboxylic acids is 1. The molecule has 3 rings (SSSR count). The van der Waals surface area contributed by atoms with Crippen molar-refractivity contribution in [3.8, 4) is 0 Å². The van der Waals surface area contributed by atoms with Gasteiger partial charge in [0.2, 0.25) is 10.0 Å². The lowest BCUT2D eigenvalue weighted by molar-refractivity contribution is 0.102. The first-order valence-corrected chi connectivity index (χ1v) is 8.67. The maximum absolute atomic E-state index is 12.5. The largest absolute Gasteiger partial charge is 0.322 e. The number of pyridine rings is 1. The van der Waals surface area contributed by atoms with Crippen LogP contribution in [0.4, 0.5) is 5.69 Å². The van der Waals surface area contributed by atoms with E-state index in [1.165, 1.54) is 19.2 Å². The van der Waals surface area contributed by atoms with E-state index < -0.39 is 10.0 Å². The summed E-state index contributed by atoms with van der Waals surface area (Å²) >= 11 is 0. The highest BCUT2D eigenvalue weighted by Crippen LogP contribution is 2.21. The van der Waals surface area contributed by atoms with Crippen molar-refractivity contribution < 1.29 is 13.2 Å². The van der Waals surface area contributed by atoms with E-state index in [1.807, 2.05) is 0 Å². The summed E-state index contributed by atoms with van der Waals surface area (Å²) in [5.41, 5.74) is 2.40. The molecule has 0 spiro atoms. The van der Waals surface area contributed by atoms with Crippen molar-refractivity contribution in [2.75, 3.05) is 12.4 Å². The Morgan fingerprint density at radius 3 is 2.75 bits per heavy atom. The summed E-state index contributed by atoms with van der Waals surface area (Å²) in [7, 11) is -2.23. The standard InChI is InChI=1S/C16H16N4O3S/c1-11-3-5-13(24(22,23)17-2)9-14(11)19-16(21)12-4-6-15-18-7-8-20(15)10-12/h3-10,17H,1-2H3,(H,19,21). The third-order valence-electron chi connectivity index (χ3n) is 3.69. The van der Waals surface area contributed by atoms with Crippen LogP contribution in [0, 0.1) is 6.92 Å². The molecule has 1 aromatic carbocycles. The van der Waals surface area contributed by atoms with E-state index in [0.717, 1.165) is 11.2 Å². The molecule has 0 atom stereocenters. The van der Waals surface area contributed by atoms with Gasteiger partial charge >= 0.3 is 0 Å². The van der Waals surface area contributed by atoms with E-state index in [0.29, 0.717) is 11.3 Å². The molecule has 124 valence electrons. The maximum Gasteiger partial charge on any atom is 0.257 e. The lowest BCUT2D eigenvalue weighted by atomic mass is 10.2. The second-order valence-corrected chi connectivity index (χ2v) is 7.14. The van der Waals surface area contributed by atoms with Crippen LogP contribution < -0.4 is 10.0 Å². The van der Waals surface area contributed by atoms with Crippen LogP contribution in [0.2, 0.25) is 0 Å². The molecule has 3 aromatic rings. The molecule has 0 unspecified atom stereocenters. The first kappa shape index (κ1) is 16.2. The van der Waals surface area contributed by atoms with E-state index in [-0.39, 0.29) is 10.8 Å². The second-order valence-electron chi connectivity index (χ2n) is 5.25. The van der Waals surface area contributed by atoms with Gasteiger partial charge in [0.1, 0.15) is 5.65 Å². The Bertz CT molecular complexity index is 1020. The number of nitrogens with zero attached hydrogens (tertiary/aromatic N) is 2. The summed E-state index contributed by atoms with van der Waals surface area (Å²) in [6.07, 6.45) is 5.06. The SMILES string of the molecule is CNS(=O)(=O)c1ccc(C)c(NC(=O)c2ccc3nccn3c2)c1. The van der Waals surface area contributed by atoms with Crippen molar-refractivity contribution in [2.24, 2.45) is 0 Å². The number of anilines is 1. The first-order chi connectivity index (χ1) is 11.4. The van der Waals surface area contributed by atoms with E-state index in [9.17, 15) is 13.2 Å². The number of carbonyl (C=O) groups is 1. The molecule has 2 heterocycles. The van der Waals surface area contributed by atoms with Crippen molar-refractivity contribution in [1.29, 1.82) is 0 Å². The molecule has 0 aliphatic heterocycles.